The van der Waals surface area contributed by atoms with Crippen molar-refractivity contribution in [3.05, 3.63) is 0 Å². The van der Waals surface area contributed by atoms with E-state index < -0.39 is 7.82 Å². The molecule has 1 aliphatic rings. The summed E-state index contributed by atoms with van der Waals surface area (Å²) in [6.45, 7) is 3.70. The maximum atomic E-state index is 11.4. The van der Waals surface area contributed by atoms with E-state index >= 15 is 0 Å². The molecule has 1 rings (SSSR count). The van der Waals surface area contributed by atoms with E-state index in [2.05, 4.69) is 4.52 Å². The lowest BCUT2D eigenvalue weighted by atomic mass is 10.2. The van der Waals surface area contributed by atoms with Crippen LogP contribution in [0.4, 0.5) is 0 Å². The Labute approximate surface area is 66.4 Å². The molecule has 0 aromatic carbocycles. The summed E-state index contributed by atoms with van der Waals surface area (Å²) in [4.78, 5) is 0. The number of hydrogen-bond donors (Lipinski definition) is 0. The van der Waals surface area contributed by atoms with Crippen LogP contribution in [0.5, 0.6) is 0 Å². The van der Waals surface area contributed by atoms with Crippen LogP contribution in [0.3, 0.4) is 0 Å². The molecule has 0 aromatic heterocycles. The number of phosphoric acid groups is 1. The summed E-state index contributed by atoms with van der Waals surface area (Å²) in [6, 6.07) is 0. The molecule has 0 bridgehead atoms. The van der Waals surface area contributed by atoms with Gasteiger partial charge in [-0.2, -0.15) is 0 Å². The predicted octanol–water partition coefficient (Wildman–Crippen LogP) is 1.95. The Hall–Kier alpha value is 0.110. The van der Waals surface area contributed by atoms with Gasteiger partial charge in [0.25, 0.3) is 0 Å². The standard InChI is InChI=1S/C6H13O4P/c1-5-4-6(2)10-11(7,8-3)9-5/h5-6H,4H2,1-3H3/t5-,6-/m1/s1. The summed E-state index contributed by atoms with van der Waals surface area (Å²) in [7, 11) is -1.88. The second kappa shape index (κ2) is 3.23. The zero-order valence-electron chi connectivity index (χ0n) is 6.94. The van der Waals surface area contributed by atoms with Crippen LogP contribution in [-0.4, -0.2) is 19.3 Å². The Morgan fingerprint density at radius 2 is 1.82 bits per heavy atom. The van der Waals surface area contributed by atoms with Gasteiger partial charge >= 0.3 is 7.82 Å². The van der Waals surface area contributed by atoms with Gasteiger partial charge in [0.15, 0.2) is 0 Å². The third-order valence-corrected chi connectivity index (χ3v) is 3.19. The first-order valence-corrected chi connectivity index (χ1v) is 5.04. The summed E-state index contributed by atoms with van der Waals surface area (Å²) in [5.74, 6) is 0. The fourth-order valence-electron chi connectivity index (χ4n) is 1.11. The van der Waals surface area contributed by atoms with Crippen LogP contribution in [0.25, 0.3) is 0 Å². The lowest BCUT2D eigenvalue weighted by Gasteiger charge is -2.29. The molecule has 66 valence electrons. The molecular weight excluding hydrogens is 167 g/mol. The van der Waals surface area contributed by atoms with E-state index in [1.54, 1.807) is 0 Å². The van der Waals surface area contributed by atoms with Crippen LogP contribution in [0.2, 0.25) is 0 Å². The van der Waals surface area contributed by atoms with Crippen molar-refractivity contribution in [3.63, 3.8) is 0 Å². The molecule has 4 nitrogen and oxygen atoms in total. The Kier molecular flexibility index (Phi) is 2.70. The fraction of sp³-hybridized carbons (Fsp3) is 1.00. The van der Waals surface area contributed by atoms with Gasteiger partial charge in [0.1, 0.15) is 0 Å². The van der Waals surface area contributed by atoms with Crippen molar-refractivity contribution in [2.24, 2.45) is 0 Å². The monoisotopic (exact) mass is 180 g/mol. The van der Waals surface area contributed by atoms with E-state index in [0.29, 0.717) is 0 Å². The molecule has 0 radical (unpaired) electrons. The van der Waals surface area contributed by atoms with Gasteiger partial charge in [0.05, 0.1) is 12.2 Å². The van der Waals surface area contributed by atoms with Crippen LogP contribution in [0.15, 0.2) is 0 Å². The third kappa shape index (κ3) is 2.27. The first-order valence-electron chi connectivity index (χ1n) is 3.58. The highest BCUT2D eigenvalue weighted by molar-refractivity contribution is 7.48. The molecule has 2 atom stereocenters. The molecule has 5 heteroatoms. The van der Waals surface area contributed by atoms with Gasteiger partial charge in [-0.3, -0.25) is 13.6 Å². The minimum absolute atomic E-state index is 0.0514. The van der Waals surface area contributed by atoms with Crippen molar-refractivity contribution < 1.29 is 18.1 Å². The molecule has 1 aliphatic heterocycles. The Morgan fingerprint density at radius 1 is 1.36 bits per heavy atom. The molecule has 0 amide bonds. The predicted molar refractivity (Wildman–Crippen MR) is 40.3 cm³/mol. The zero-order chi connectivity index (χ0) is 8.48. The Balaban J connectivity index is 2.63. The Morgan fingerprint density at radius 3 is 2.18 bits per heavy atom. The van der Waals surface area contributed by atoms with E-state index in [9.17, 15) is 4.57 Å². The van der Waals surface area contributed by atoms with Crippen LogP contribution in [0.1, 0.15) is 20.3 Å². The second-order valence-corrected chi connectivity index (χ2v) is 4.38. The average Bonchev–Trinajstić information content (AvgIpc) is 1.84. The van der Waals surface area contributed by atoms with E-state index in [0.717, 1.165) is 6.42 Å². The van der Waals surface area contributed by atoms with Gasteiger partial charge in [-0.1, -0.05) is 0 Å². The molecule has 0 spiro atoms. The second-order valence-electron chi connectivity index (χ2n) is 2.70. The minimum atomic E-state index is -3.21. The number of phosphoric ester groups is 1. The quantitative estimate of drug-likeness (QED) is 0.578. The largest absolute Gasteiger partial charge is 0.475 e. The van der Waals surface area contributed by atoms with Crippen molar-refractivity contribution in [1.82, 2.24) is 0 Å². The molecule has 0 unspecified atom stereocenters. The highest BCUT2D eigenvalue weighted by atomic mass is 31.2. The maximum Gasteiger partial charge on any atom is 0.475 e. The van der Waals surface area contributed by atoms with Crippen LogP contribution >= 0.6 is 7.82 Å². The number of hydrogen-bond acceptors (Lipinski definition) is 4. The topological polar surface area (TPSA) is 44.8 Å². The van der Waals surface area contributed by atoms with E-state index in [4.69, 9.17) is 9.05 Å². The third-order valence-electron chi connectivity index (χ3n) is 1.51. The SMILES string of the molecule is COP1(=O)O[C@H](C)C[C@@H](C)O1. The average molecular weight is 180 g/mol. The molecule has 0 N–H and O–H groups in total. The first-order chi connectivity index (χ1) is 5.06. The lowest BCUT2D eigenvalue weighted by Crippen LogP contribution is -2.24. The molecule has 11 heavy (non-hydrogen) atoms. The van der Waals surface area contributed by atoms with Crippen molar-refractivity contribution in [1.29, 1.82) is 0 Å². The van der Waals surface area contributed by atoms with Gasteiger partial charge in [0.2, 0.25) is 0 Å². The summed E-state index contributed by atoms with van der Waals surface area (Å²) in [5.41, 5.74) is 0. The highest BCUT2D eigenvalue weighted by Gasteiger charge is 2.35. The van der Waals surface area contributed by atoms with Gasteiger partial charge in [-0.25, -0.2) is 4.57 Å². The molecule has 0 aliphatic carbocycles. The van der Waals surface area contributed by atoms with Gasteiger partial charge < -0.3 is 0 Å². The number of rotatable bonds is 1. The van der Waals surface area contributed by atoms with E-state index in [1.807, 2.05) is 13.8 Å². The van der Waals surface area contributed by atoms with E-state index in [1.165, 1.54) is 7.11 Å². The van der Waals surface area contributed by atoms with Crippen LogP contribution < -0.4 is 0 Å². The maximum absolute atomic E-state index is 11.4. The zero-order valence-corrected chi connectivity index (χ0v) is 7.84. The minimum Gasteiger partial charge on any atom is -0.290 e. The first kappa shape index (κ1) is 9.20. The van der Waals surface area contributed by atoms with Crippen molar-refractivity contribution in [2.75, 3.05) is 7.11 Å². The highest BCUT2D eigenvalue weighted by Crippen LogP contribution is 2.54. The smallest absolute Gasteiger partial charge is 0.290 e. The molecule has 0 saturated carbocycles. The summed E-state index contributed by atoms with van der Waals surface area (Å²) in [6.07, 6.45) is 0.655. The normalized spacial score (nSPS) is 45.7. The van der Waals surface area contributed by atoms with Crippen molar-refractivity contribution >= 4 is 7.82 Å². The van der Waals surface area contributed by atoms with Gasteiger partial charge in [-0.05, 0) is 13.8 Å². The molecular formula is C6H13O4P. The van der Waals surface area contributed by atoms with Crippen LogP contribution in [0, 0.1) is 0 Å². The lowest BCUT2D eigenvalue weighted by molar-refractivity contribution is 0.0101. The van der Waals surface area contributed by atoms with Gasteiger partial charge in [0, 0.05) is 13.5 Å². The summed E-state index contributed by atoms with van der Waals surface area (Å²) in [5, 5.41) is 0. The molecule has 1 saturated heterocycles. The molecule has 1 heterocycles. The fourth-order valence-corrected chi connectivity index (χ4v) is 2.38. The van der Waals surface area contributed by atoms with Crippen molar-refractivity contribution in [3.8, 4) is 0 Å². The summed E-state index contributed by atoms with van der Waals surface area (Å²) < 4.78 is 26.0. The van der Waals surface area contributed by atoms with Crippen molar-refractivity contribution in [2.45, 2.75) is 32.5 Å². The molecule has 1 fully saturated rings. The molecule has 0 aromatic rings. The van der Waals surface area contributed by atoms with E-state index in [-0.39, 0.29) is 12.2 Å². The summed E-state index contributed by atoms with van der Waals surface area (Å²) >= 11 is 0. The van der Waals surface area contributed by atoms with Crippen LogP contribution in [-0.2, 0) is 18.1 Å². The van der Waals surface area contributed by atoms with Gasteiger partial charge in [-0.15, -0.1) is 0 Å². The Bertz CT molecular complexity index is 167.